The summed E-state index contributed by atoms with van der Waals surface area (Å²) in [5.74, 6) is 1.59. The molecule has 1 rings (SSSR count). The van der Waals surface area contributed by atoms with Crippen LogP contribution in [0, 0.1) is 11.8 Å². The third-order valence-corrected chi connectivity index (χ3v) is 3.94. The summed E-state index contributed by atoms with van der Waals surface area (Å²) in [4.78, 5) is 0. The van der Waals surface area contributed by atoms with E-state index in [9.17, 15) is 0 Å². The largest absolute Gasteiger partial charge is 0.373 e. The third kappa shape index (κ3) is 4.97. The van der Waals surface area contributed by atoms with Gasteiger partial charge in [-0.15, -0.1) is 0 Å². The summed E-state index contributed by atoms with van der Waals surface area (Å²) in [6, 6.07) is 0. The molecule has 1 fully saturated rings. The number of likely N-dealkylation sites (N-methyl/N-ethyl adjacent to an activating group) is 1. The van der Waals surface area contributed by atoms with Gasteiger partial charge in [-0.3, -0.25) is 0 Å². The number of rotatable bonds is 7. The van der Waals surface area contributed by atoms with Gasteiger partial charge in [-0.2, -0.15) is 0 Å². The highest BCUT2D eigenvalue weighted by molar-refractivity contribution is 4.89. The van der Waals surface area contributed by atoms with Crippen molar-refractivity contribution in [3.05, 3.63) is 0 Å². The van der Waals surface area contributed by atoms with Gasteiger partial charge in [0.15, 0.2) is 0 Å². The highest BCUT2D eigenvalue weighted by Gasteiger charge is 2.35. The van der Waals surface area contributed by atoms with Gasteiger partial charge < -0.3 is 10.1 Å². The van der Waals surface area contributed by atoms with Gasteiger partial charge in [0, 0.05) is 13.2 Å². The normalized spacial score (nSPS) is 29.8. The van der Waals surface area contributed by atoms with E-state index in [1.165, 1.54) is 38.5 Å². The maximum absolute atomic E-state index is 6.24. The van der Waals surface area contributed by atoms with E-state index in [0.717, 1.165) is 19.1 Å². The maximum Gasteiger partial charge on any atom is 0.0806 e. The minimum Gasteiger partial charge on any atom is -0.373 e. The smallest absolute Gasteiger partial charge is 0.0806 e. The summed E-state index contributed by atoms with van der Waals surface area (Å²) in [6.07, 6.45) is 7.92. The summed E-state index contributed by atoms with van der Waals surface area (Å²) < 4.78 is 6.24. The lowest BCUT2D eigenvalue weighted by atomic mass is 9.77. The highest BCUT2D eigenvalue weighted by Crippen LogP contribution is 2.36. The Morgan fingerprint density at radius 1 is 1.29 bits per heavy atom. The maximum atomic E-state index is 6.24. The Labute approximate surface area is 108 Å². The molecule has 0 spiro atoms. The average Bonchev–Trinajstić information content (AvgIpc) is 2.30. The predicted molar refractivity (Wildman–Crippen MR) is 74.3 cm³/mol. The molecule has 0 aromatic rings. The van der Waals surface area contributed by atoms with Gasteiger partial charge in [0.1, 0.15) is 0 Å². The lowest BCUT2D eigenvalue weighted by Gasteiger charge is -2.40. The number of hydrogen-bond donors (Lipinski definition) is 1. The van der Waals surface area contributed by atoms with Crippen LogP contribution in [0.1, 0.15) is 59.3 Å². The first-order chi connectivity index (χ1) is 8.12. The molecule has 0 radical (unpaired) electrons. The summed E-state index contributed by atoms with van der Waals surface area (Å²) >= 11 is 0. The second-order valence-corrected chi connectivity index (χ2v) is 6.15. The van der Waals surface area contributed by atoms with E-state index >= 15 is 0 Å². The Bertz CT molecular complexity index is 195. The van der Waals surface area contributed by atoms with Gasteiger partial charge in [0.2, 0.25) is 0 Å². The Kier molecular flexibility index (Phi) is 6.50. The number of ether oxygens (including phenoxy) is 1. The molecule has 1 aliphatic carbocycles. The van der Waals surface area contributed by atoms with E-state index in [2.05, 4.69) is 26.1 Å². The lowest BCUT2D eigenvalue weighted by Crippen LogP contribution is -2.45. The van der Waals surface area contributed by atoms with Crippen molar-refractivity contribution in [3.8, 4) is 0 Å². The van der Waals surface area contributed by atoms with Crippen molar-refractivity contribution in [2.45, 2.75) is 64.9 Å². The number of hydrogen-bond acceptors (Lipinski definition) is 2. The van der Waals surface area contributed by atoms with E-state index in [1.807, 2.05) is 7.05 Å². The van der Waals surface area contributed by atoms with Gasteiger partial charge in [-0.1, -0.05) is 33.6 Å². The van der Waals surface area contributed by atoms with Gasteiger partial charge in [0.05, 0.1) is 5.60 Å². The van der Waals surface area contributed by atoms with Crippen molar-refractivity contribution in [3.63, 3.8) is 0 Å². The monoisotopic (exact) mass is 241 g/mol. The third-order valence-electron chi connectivity index (χ3n) is 3.94. The van der Waals surface area contributed by atoms with Crippen LogP contribution < -0.4 is 5.32 Å². The van der Waals surface area contributed by atoms with Crippen LogP contribution in [0.2, 0.25) is 0 Å². The average molecular weight is 241 g/mol. The molecule has 0 heterocycles. The van der Waals surface area contributed by atoms with Crippen LogP contribution in [-0.4, -0.2) is 25.8 Å². The zero-order valence-electron chi connectivity index (χ0n) is 12.2. The molecule has 0 saturated heterocycles. The Hall–Kier alpha value is -0.0800. The molecule has 1 N–H and O–H groups in total. The molecule has 0 amide bonds. The standard InChI is InChI=1S/C15H31NO/c1-5-6-14-7-9-15(10-8-14,12-16-4)17-11-13(2)3/h13-14,16H,5-12H2,1-4H3. The molecular weight excluding hydrogens is 210 g/mol. The van der Waals surface area contributed by atoms with E-state index < -0.39 is 0 Å². The molecule has 2 nitrogen and oxygen atoms in total. The van der Waals surface area contributed by atoms with Crippen LogP contribution >= 0.6 is 0 Å². The summed E-state index contributed by atoms with van der Waals surface area (Å²) in [5.41, 5.74) is 0.128. The summed E-state index contributed by atoms with van der Waals surface area (Å²) in [5, 5.41) is 3.32. The van der Waals surface area contributed by atoms with Crippen LogP contribution in [0.4, 0.5) is 0 Å². The van der Waals surface area contributed by atoms with E-state index in [-0.39, 0.29) is 5.60 Å². The van der Waals surface area contributed by atoms with Crippen molar-refractivity contribution < 1.29 is 4.74 Å². The molecule has 1 saturated carbocycles. The molecular formula is C15H31NO. The van der Waals surface area contributed by atoms with Crippen molar-refractivity contribution in [2.75, 3.05) is 20.2 Å². The van der Waals surface area contributed by atoms with Crippen molar-refractivity contribution in [1.82, 2.24) is 5.32 Å². The fourth-order valence-electron chi connectivity index (χ4n) is 2.94. The van der Waals surface area contributed by atoms with Crippen LogP contribution in [0.5, 0.6) is 0 Å². The summed E-state index contributed by atoms with van der Waals surface area (Å²) in [7, 11) is 2.04. The molecule has 0 aromatic heterocycles. The predicted octanol–water partition coefficient (Wildman–Crippen LogP) is 3.61. The minimum atomic E-state index is 0.128. The van der Waals surface area contributed by atoms with Crippen molar-refractivity contribution >= 4 is 0 Å². The fraction of sp³-hybridized carbons (Fsp3) is 1.00. The van der Waals surface area contributed by atoms with Crippen molar-refractivity contribution in [1.29, 1.82) is 0 Å². The molecule has 0 atom stereocenters. The van der Waals surface area contributed by atoms with E-state index in [1.54, 1.807) is 0 Å². The Balaban J connectivity index is 2.44. The van der Waals surface area contributed by atoms with Gasteiger partial charge in [0.25, 0.3) is 0 Å². The molecule has 2 heteroatoms. The van der Waals surface area contributed by atoms with Gasteiger partial charge in [-0.05, 0) is 44.6 Å². The molecule has 0 bridgehead atoms. The zero-order chi connectivity index (χ0) is 12.7. The van der Waals surface area contributed by atoms with E-state index in [4.69, 9.17) is 4.74 Å². The first-order valence-electron chi connectivity index (χ1n) is 7.40. The van der Waals surface area contributed by atoms with Crippen LogP contribution in [-0.2, 0) is 4.74 Å². The first-order valence-corrected chi connectivity index (χ1v) is 7.40. The summed E-state index contributed by atoms with van der Waals surface area (Å²) in [6.45, 7) is 8.68. The topological polar surface area (TPSA) is 21.3 Å². The fourth-order valence-corrected chi connectivity index (χ4v) is 2.94. The molecule has 0 aliphatic heterocycles. The van der Waals surface area contributed by atoms with Crippen LogP contribution in [0.25, 0.3) is 0 Å². The quantitative estimate of drug-likeness (QED) is 0.735. The molecule has 0 unspecified atom stereocenters. The highest BCUT2D eigenvalue weighted by atomic mass is 16.5. The number of nitrogens with one attached hydrogen (secondary N) is 1. The van der Waals surface area contributed by atoms with Crippen molar-refractivity contribution in [2.24, 2.45) is 11.8 Å². The Morgan fingerprint density at radius 3 is 2.41 bits per heavy atom. The first kappa shape index (κ1) is 15.0. The van der Waals surface area contributed by atoms with Crippen LogP contribution in [0.15, 0.2) is 0 Å². The second-order valence-electron chi connectivity index (χ2n) is 6.15. The van der Waals surface area contributed by atoms with Gasteiger partial charge >= 0.3 is 0 Å². The lowest BCUT2D eigenvalue weighted by molar-refractivity contribution is -0.0850. The molecule has 0 aromatic carbocycles. The minimum absolute atomic E-state index is 0.128. The second kappa shape index (κ2) is 7.38. The van der Waals surface area contributed by atoms with E-state index in [0.29, 0.717) is 5.92 Å². The molecule has 102 valence electrons. The van der Waals surface area contributed by atoms with Gasteiger partial charge in [-0.25, -0.2) is 0 Å². The zero-order valence-corrected chi connectivity index (χ0v) is 12.2. The molecule has 1 aliphatic rings. The Morgan fingerprint density at radius 2 is 1.94 bits per heavy atom. The van der Waals surface area contributed by atoms with Crippen LogP contribution in [0.3, 0.4) is 0 Å². The molecule has 17 heavy (non-hydrogen) atoms. The SMILES string of the molecule is CCCC1CCC(CNC)(OCC(C)C)CC1.